The Balaban J connectivity index is 0.000000466. The van der Waals surface area contributed by atoms with Gasteiger partial charge in [0.05, 0.1) is 23.6 Å². The number of aliphatic imine (C=N–C) groups is 1. The van der Waals surface area contributed by atoms with Crippen molar-refractivity contribution in [3.63, 3.8) is 0 Å². The Morgan fingerprint density at radius 2 is 1.82 bits per heavy atom. The molecule has 51 heavy (non-hydrogen) atoms. The Hall–Kier alpha value is -4.39. The highest BCUT2D eigenvalue weighted by atomic mass is 32.2. The number of amides is 1. The average Bonchev–Trinajstić information content (AvgIpc) is 3.86. The topological polar surface area (TPSA) is 193 Å². The Labute approximate surface area is 304 Å². The number of rotatable bonds is 11. The van der Waals surface area contributed by atoms with Crippen molar-refractivity contribution >= 4 is 47.5 Å². The van der Waals surface area contributed by atoms with E-state index >= 15 is 0 Å². The zero-order valence-electron chi connectivity index (χ0n) is 28.7. The van der Waals surface area contributed by atoms with Gasteiger partial charge in [0.25, 0.3) is 5.91 Å². The van der Waals surface area contributed by atoms with Gasteiger partial charge in [-0.1, -0.05) is 37.5 Å². The Morgan fingerprint density at radius 3 is 2.41 bits per heavy atom. The third-order valence-electron chi connectivity index (χ3n) is 6.71. The maximum Gasteiger partial charge on any atom is 0.275 e. The molecule has 0 radical (unpaired) electrons. The minimum Gasteiger partial charge on any atom is -0.395 e. The monoisotopic (exact) mass is 746 g/mol. The molecule has 0 unspecified atom stereocenters. The summed E-state index contributed by atoms with van der Waals surface area (Å²) < 4.78 is 47.7. The van der Waals surface area contributed by atoms with Crippen LogP contribution in [0, 0.1) is 11.8 Å². The molecule has 0 atom stereocenters. The zero-order valence-corrected chi connectivity index (χ0v) is 30.3. The van der Waals surface area contributed by atoms with E-state index in [0.717, 1.165) is 73.3 Å². The number of carbonyl (C=O) groups is 2. The molecule has 5 rings (SSSR count). The first-order chi connectivity index (χ1) is 24.7. The molecule has 0 bridgehead atoms. The minimum absolute atomic E-state index is 0.0278. The summed E-state index contributed by atoms with van der Waals surface area (Å²) in [5, 5.41) is 8.99. The van der Waals surface area contributed by atoms with E-state index in [-0.39, 0.29) is 36.4 Å². The van der Waals surface area contributed by atoms with Crippen molar-refractivity contribution in [3.05, 3.63) is 89.1 Å². The third kappa shape index (κ3) is 15.6. The quantitative estimate of drug-likeness (QED) is 0.0628. The number of pyridine rings is 1. The first-order valence-corrected chi connectivity index (χ1v) is 17.5. The molecule has 0 spiro atoms. The van der Waals surface area contributed by atoms with Gasteiger partial charge in [-0.3, -0.25) is 9.79 Å². The van der Waals surface area contributed by atoms with Crippen molar-refractivity contribution in [2.75, 3.05) is 27.4 Å². The van der Waals surface area contributed by atoms with Gasteiger partial charge in [-0.2, -0.15) is 9.49 Å². The van der Waals surface area contributed by atoms with E-state index < -0.39 is 23.4 Å². The van der Waals surface area contributed by atoms with Gasteiger partial charge in [-0.25, -0.2) is 19.0 Å². The standard InChI is InChI=1S/C23H25F2N7O2S.C6H6OS.C3H8O.C2H5NO/c1-34-13-32-11-14(9-28-32)23-30-18(12-35-23)22(33)29-17(10-27-15-5-3-2-4-6-15)20(26)21-16(24)7-8-19(25)31-21;7-8-6-4-2-1-3-5-6;1-3-4-2;3-1-2-4/h7-12,15H,2-6,13,26H2,1H3,(H,29,33);1-5,7H;3H2,1-2H3;2H,1,3H2/b20-17+,27-10?;;;. The number of halogens is 2. The highest BCUT2D eigenvalue weighted by Crippen LogP contribution is 2.24. The van der Waals surface area contributed by atoms with Crippen LogP contribution in [0.15, 0.2) is 75.8 Å². The second kappa shape index (κ2) is 24.7. The van der Waals surface area contributed by atoms with Gasteiger partial charge in [0.2, 0.25) is 5.95 Å². The van der Waals surface area contributed by atoms with Gasteiger partial charge in [0.15, 0.2) is 5.82 Å². The summed E-state index contributed by atoms with van der Waals surface area (Å²) in [5.41, 5.74) is 11.1. The molecule has 4 aromatic rings. The van der Waals surface area contributed by atoms with Crippen LogP contribution in [0.25, 0.3) is 16.3 Å². The Morgan fingerprint density at radius 1 is 1.14 bits per heavy atom. The van der Waals surface area contributed by atoms with E-state index in [4.69, 9.17) is 19.8 Å². The van der Waals surface area contributed by atoms with Crippen molar-refractivity contribution in [3.8, 4) is 10.6 Å². The smallest absolute Gasteiger partial charge is 0.275 e. The first kappa shape index (κ1) is 42.8. The molecule has 17 heteroatoms. The Kier molecular flexibility index (Phi) is 20.7. The van der Waals surface area contributed by atoms with Crippen molar-refractivity contribution in [2.24, 2.45) is 16.5 Å². The van der Waals surface area contributed by atoms with Crippen LogP contribution in [0.5, 0.6) is 0 Å². The summed E-state index contributed by atoms with van der Waals surface area (Å²) in [6, 6.07) is 11.3. The molecule has 0 aliphatic heterocycles. The Bertz CT molecular complexity index is 1660. The largest absolute Gasteiger partial charge is 0.395 e. The van der Waals surface area contributed by atoms with Gasteiger partial charge in [-0.15, -0.1) is 11.3 Å². The van der Waals surface area contributed by atoms with Crippen LogP contribution in [-0.2, 0) is 21.0 Å². The van der Waals surface area contributed by atoms with Crippen LogP contribution in [0.3, 0.4) is 0 Å². The minimum atomic E-state index is -0.891. The molecule has 3 heterocycles. The van der Waals surface area contributed by atoms with Crippen LogP contribution in [0.1, 0.15) is 55.2 Å². The fraction of sp³-hybridized carbons (Fsp3) is 0.353. The van der Waals surface area contributed by atoms with Crippen LogP contribution in [0.4, 0.5) is 8.78 Å². The molecule has 1 amide bonds. The summed E-state index contributed by atoms with van der Waals surface area (Å²) in [6.45, 7) is 3.21. The van der Waals surface area contributed by atoms with E-state index in [1.54, 1.807) is 36.7 Å². The number of hydrogen-bond donors (Lipinski definition) is 4. The second-order valence-corrected chi connectivity index (χ2v) is 11.9. The lowest BCUT2D eigenvalue weighted by Crippen LogP contribution is -2.27. The number of nitrogens with two attached hydrogens (primary N) is 2. The molecule has 1 saturated carbocycles. The number of aldehydes is 1. The molecule has 276 valence electrons. The van der Waals surface area contributed by atoms with Gasteiger partial charge in [0, 0.05) is 67.7 Å². The number of carbonyl (C=O) groups excluding carboxylic acids is 2. The van der Waals surface area contributed by atoms with Crippen molar-refractivity contribution in [1.29, 1.82) is 0 Å². The number of aromatic nitrogens is 4. The number of nitrogens with one attached hydrogen (secondary N) is 1. The maximum absolute atomic E-state index is 14.4. The maximum atomic E-state index is 14.4. The van der Waals surface area contributed by atoms with Gasteiger partial charge in [0.1, 0.15) is 29.4 Å². The number of ether oxygens (including phenoxy) is 2. The van der Waals surface area contributed by atoms with Gasteiger partial charge in [-0.05, 0) is 44.0 Å². The fourth-order valence-corrected chi connectivity index (χ4v) is 5.22. The summed E-state index contributed by atoms with van der Waals surface area (Å²) in [4.78, 5) is 35.4. The van der Waals surface area contributed by atoms with E-state index in [2.05, 4.69) is 35.8 Å². The van der Waals surface area contributed by atoms with Crippen LogP contribution in [0.2, 0.25) is 0 Å². The molecule has 1 aliphatic carbocycles. The molecule has 1 aromatic carbocycles. The average molecular weight is 747 g/mol. The third-order valence-corrected chi connectivity index (χ3v) is 8.08. The molecular formula is C34H44F2N8O5S2. The molecule has 1 aliphatic rings. The van der Waals surface area contributed by atoms with E-state index in [9.17, 15) is 13.6 Å². The molecule has 13 nitrogen and oxygen atoms in total. The van der Waals surface area contributed by atoms with Crippen molar-refractivity contribution in [1.82, 2.24) is 25.1 Å². The number of hydrogen-bond acceptors (Lipinski definition) is 13. The molecule has 0 saturated heterocycles. The molecule has 6 N–H and O–H groups in total. The predicted octanol–water partition coefficient (Wildman–Crippen LogP) is 5.79. The first-order valence-electron chi connectivity index (χ1n) is 15.8. The van der Waals surface area contributed by atoms with Gasteiger partial charge < -0.3 is 35.6 Å². The van der Waals surface area contributed by atoms with Gasteiger partial charge >= 0.3 is 0 Å². The lowest BCUT2D eigenvalue weighted by Gasteiger charge is -2.18. The van der Waals surface area contributed by atoms with E-state index in [1.165, 1.54) is 17.6 Å². The van der Waals surface area contributed by atoms with Crippen molar-refractivity contribution < 1.29 is 32.4 Å². The predicted molar refractivity (Wildman–Crippen MR) is 196 cm³/mol. The molecule has 3 aromatic heterocycles. The van der Waals surface area contributed by atoms with Crippen LogP contribution < -0.4 is 16.8 Å². The zero-order chi connectivity index (χ0) is 37.4. The number of methoxy groups -OCH3 is 2. The summed E-state index contributed by atoms with van der Waals surface area (Å²) in [5.74, 6) is -2.27. The highest BCUT2D eigenvalue weighted by molar-refractivity contribution is 7.93. The number of benzene rings is 1. The van der Waals surface area contributed by atoms with Crippen LogP contribution >= 0.6 is 23.4 Å². The lowest BCUT2D eigenvalue weighted by atomic mass is 9.96. The number of thiazole rings is 1. The number of nitrogens with zero attached hydrogens (tertiary/aromatic N) is 5. The SMILES string of the molecule is CCOC.COCn1cc(-c2nc(C(=O)N/C(C=NC3CCCCC3)=C(/N)c3nc(F)ccc3F)cs2)cn1.NCC=O.OSc1ccccc1. The van der Waals surface area contributed by atoms with Crippen LogP contribution in [-0.4, -0.2) is 76.1 Å². The van der Waals surface area contributed by atoms with Crippen molar-refractivity contribution in [2.45, 2.75) is 56.7 Å². The fourth-order valence-electron chi connectivity index (χ4n) is 4.17. The summed E-state index contributed by atoms with van der Waals surface area (Å²) in [7, 11) is 3.24. The summed E-state index contributed by atoms with van der Waals surface area (Å²) >= 11 is 2.03. The molecule has 1 fully saturated rings. The van der Waals surface area contributed by atoms with E-state index in [0.29, 0.717) is 11.3 Å². The van der Waals surface area contributed by atoms with E-state index in [1.807, 2.05) is 37.3 Å². The number of allylic oxidation sites excluding steroid dienone is 1. The normalized spacial score (nSPS) is 13.1. The summed E-state index contributed by atoms with van der Waals surface area (Å²) in [6.07, 6.45) is 10.5. The second-order valence-electron chi connectivity index (χ2n) is 10.4. The highest BCUT2D eigenvalue weighted by Gasteiger charge is 2.19. The molecular weight excluding hydrogens is 703 g/mol. The lowest BCUT2D eigenvalue weighted by molar-refractivity contribution is -0.106.